The van der Waals surface area contributed by atoms with E-state index in [1.807, 2.05) is 20.8 Å². The van der Waals surface area contributed by atoms with Crippen LogP contribution in [0, 0.1) is 40.9 Å². The number of hydrogen-bond acceptors (Lipinski definition) is 8. The summed E-state index contributed by atoms with van der Waals surface area (Å²) < 4.78 is 33.1. The number of carbonyl (C=O) groups is 2. The van der Waals surface area contributed by atoms with Gasteiger partial charge in [0.2, 0.25) is 0 Å². The smallest absolute Gasteiger partial charge is 0.407 e. The van der Waals surface area contributed by atoms with Crippen LogP contribution in [0.3, 0.4) is 0 Å². The third-order valence-electron chi connectivity index (χ3n) is 11.9. The Hall–Kier alpha value is -1.94. The van der Waals surface area contributed by atoms with Crippen molar-refractivity contribution in [1.29, 1.82) is 0 Å². The Kier molecular flexibility index (Phi) is 16.8. The maximum atomic E-state index is 12.5. The number of alkyl carbamates (subject to hydrolysis) is 1. The average Bonchev–Trinajstić information content (AvgIpc) is 3.42. The van der Waals surface area contributed by atoms with E-state index in [4.69, 9.17) is 28.4 Å². The Morgan fingerprint density at radius 1 is 0.882 bits per heavy atom. The van der Waals surface area contributed by atoms with Crippen LogP contribution in [0.2, 0.25) is 0 Å². The highest BCUT2D eigenvalue weighted by molar-refractivity contribution is 5.69. The Bertz CT molecular complexity index is 1150. The second kappa shape index (κ2) is 20.5. The molecule has 2 saturated carbocycles. The van der Waals surface area contributed by atoms with E-state index in [1.54, 1.807) is 5.57 Å². The van der Waals surface area contributed by atoms with E-state index in [0.717, 1.165) is 42.4 Å². The van der Waals surface area contributed by atoms with Crippen LogP contribution in [0.5, 0.6) is 0 Å². The molecule has 0 saturated heterocycles. The van der Waals surface area contributed by atoms with E-state index in [0.29, 0.717) is 70.7 Å². The van der Waals surface area contributed by atoms with Gasteiger partial charge in [-0.25, -0.2) is 4.79 Å². The molecular formula is C42H73NO8. The molecule has 7 atom stereocenters. The normalized spacial score (nSPS) is 27.9. The molecule has 9 nitrogen and oxygen atoms in total. The first-order valence-corrected chi connectivity index (χ1v) is 20.2. The number of esters is 1. The number of fused-ring (bicyclic) bond motifs is 5. The summed E-state index contributed by atoms with van der Waals surface area (Å²) in [4.78, 5) is 24.2. The number of amides is 1. The van der Waals surface area contributed by atoms with E-state index in [2.05, 4.69) is 45.2 Å². The summed E-state index contributed by atoms with van der Waals surface area (Å²) in [6.07, 6.45) is 17.1. The van der Waals surface area contributed by atoms with E-state index in [-0.39, 0.29) is 26.0 Å². The molecule has 0 aromatic heterocycles. The van der Waals surface area contributed by atoms with Crippen LogP contribution in [-0.2, 0) is 33.2 Å². The number of hydrogen-bond donors (Lipinski definition) is 1. The minimum atomic E-state index is -0.477. The number of ether oxygens (including phenoxy) is 6. The lowest BCUT2D eigenvalue weighted by molar-refractivity contribution is -0.156. The van der Waals surface area contributed by atoms with Crippen molar-refractivity contribution < 1.29 is 39.4 Å². The Morgan fingerprint density at radius 3 is 2.22 bits per heavy atom. The van der Waals surface area contributed by atoms with Gasteiger partial charge in [-0.15, -0.1) is 0 Å². The van der Waals surface area contributed by atoms with Gasteiger partial charge in [0.1, 0.15) is 11.7 Å². The molecule has 4 rings (SSSR count). The molecule has 9 heteroatoms. The molecular weight excluding hydrogens is 646 g/mol. The minimum Gasteiger partial charge on any atom is -0.460 e. The summed E-state index contributed by atoms with van der Waals surface area (Å²) in [5.74, 6) is 4.57. The molecule has 1 amide bonds. The van der Waals surface area contributed by atoms with E-state index < -0.39 is 5.60 Å². The maximum absolute atomic E-state index is 12.5. The monoisotopic (exact) mass is 720 g/mol. The van der Waals surface area contributed by atoms with E-state index in [1.165, 1.54) is 56.9 Å². The molecule has 0 bridgehead atoms. The van der Waals surface area contributed by atoms with Crippen LogP contribution >= 0.6 is 0 Å². The molecule has 2 fully saturated rings. The zero-order valence-electron chi connectivity index (χ0n) is 33.1. The number of allylic oxidation sites excluding steroid dienone is 2. The van der Waals surface area contributed by atoms with Gasteiger partial charge in [0.25, 0.3) is 0 Å². The fourth-order valence-corrected chi connectivity index (χ4v) is 9.55. The van der Waals surface area contributed by atoms with Crippen molar-refractivity contribution in [3.8, 4) is 0 Å². The zero-order valence-corrected chi connectivity index (χ0v) is 33.1. The van der Waals surface area contributed by atoms with E-state index >= 15 is 0 Å². The lowest BCUT2D eigenvalue weighted by Crippen LogP contribution is -2.44. The summed E-state index contributed by atoms with van der Waals surface area (Å²) in [6.45, 7) is 19.2. The maximum Gasteiger partial charge on any atom is 0.407 e. The third kappa shape index (κ3) is 13.1. The first-order chi connectivity index (χ1) is 24.4. The van der Waals surface area contributed by atoms with Gasteiger partial charge >= 0.3 is 12.1 Å². The number of rotatable bonds is 21. The van der Waals surface area contributed by atoms with Gasteiger partial charge in [0.05, 0.1) is 59.3 Å². The van der Waals surface area contributed by atoms with Crippen LogP contribution in [0.15, 0.2) is 23.3 Å². The van der Waals surface area contributed by atoms with Crippen molar-refractivity contribution in [3.63, 3.8) is 0 Å². The quantitative estimate of drug-likeness (QED) is 0.0929. The van der Waals surface area contributed by atoms with Gasteiger partial charge < -0.3 is 33.7 Å². The van der Waals surface area contributed by atoms with Gasteiger partial charge in [-0.05, 0) is 105 Å². The topological polar surface area (TPSA) is 102 Å². The highest BCUT2D eigenvalue weighted by Gasteiger charge is 2.55. The van der Waals surface area contributed by atoms with Crippen LogP contribution in [0.1, 0.15) is 121 Å². The van der Waals surface area contributed by atoms with Crippen LogP contribution in [0.25, 0.3) is 0 Å². The lowest BCUT2D eigenvalue weighted by atomic mass is 9.52. The Balaban J connectivity index is 0.00000729. The average molecular weight is 720 g/mol. The van der Waals surface area contributed by atoms with Crippen molar-refractivity contribution in [2.75, 3.05) is 59.4 Å². The van der Waals surface area contributed by atoms with E-state index in [9.17, 15) is 9.59 Å². The van der Waals surface area contributed by atoms with Crippen LogP contribution in [0.4, 0.5) is 4.79 Å². The molecule has 0 aliphatic heterocycles. The summed E-state index contributed by atoms with van der Waals surface area (Å²) in [5, 5.41) is 2.84. The number of carbonyl (C=O) groups excluding carboxylic acids is 2. The van der Waals surface area contributed by atoms with Crippen molar-refractivity contribution in [3.05, 3.63) is 23.3 Å². The SMILES string of the molecule is CC(C)CCC[C@@H](C)[C@H]1CCC2[C@@H]3CC=C4C[C@@H](OC(=O)NCCOCCOCCOCCOCCC(=O)OC(C)(C)C)CC=C4[C@H]3CC[C@@]21C.[HH]. The molecule has 4 aliphatic rings. The predicted octanol–water partition coefficient (Wildman–Crippen LogP) is 8.70. The second-order valence-corrected chi connectivity index (χ2v) is 17.2. The Labute approximate surface area is 310 Å². The molecule has 0 aromatic rings. The van der Waals surface area contributed by atoms with Gasteiger partial charge in [-0.2, -0.15) is 0 Å². The molecule has 1 unspecified atom stereocenters. The molecule has 4 aliphatic carbocycles. The minimum absolute atomic E-state index is 0. The molecule has 0 radical (unpaired) electrons. The van der Waals surface area contributed by atoms with Crippen molar-refractivity contribution in [1.82, 2.24) is 5.32 Å². The highest BCUT2D eigenvalue weighted by atomic mass is 16.6. The fraction of sp³-hybridized carbons (Fsp3) is 0.857. The first kappa shape index (κ1) is 41.8. The van der Waals surface area contributed by atoms with Gasteiger partial charge in [-0.1, -0.05) is 59.1 Å². The molecule has 0 spiro atoms. The molecule has 51 heavy (non-hydrogen) atoms. The predicted molar refractivity (Wildman–Crippen MR) is 203 cm³/mol. The zero-order chi connectivity index (χ0) is 36.9. The van der Waals surface area contributed by atoms with Crippen molar-refractivity contribution >= 4 is 12.1 Å². The fourth-order valence-electron chi connectivity index (χ4n) is 9.55. The standard InChI is InChI=1S/C42H71NO8.H2/c1-30(2)9-8-10-31(3)37-15-16-38-36-13-11-32-29-33(12-14-34(32)35(36)17-19-42(37,38)7)50-40(45)43-20-22-47-24-26-49-28-27-48-25-23-46-21-18-39(44)51-41(4,5)6;/h11,14,30-31,33,35-38H,8-10,12-13,15-29H2,1-7H3,(H,43,45);1H/t31-,33+,35-,36-,37-,38?,42-;/m1./s1. The largest absolute Gasteiger partial charge is 0.460 e. The summed E-state index contributed by atoms with van der Waals surface area (Å²) in [5.41, 5.74) is 3.02. The van der Waals surface area contributed by atoms with Crippen LogP contribution in [-0.4, -0.2) is 83.2 Å². The highest BCUT2D eigenvalue weighted by Crippen LogP contribution is 2.64. The summed E-state index contributed by atoms with van der Waals surface area (Å²) in [7, 11) is 0. The van der Waals surface area contributed by atoms with Gasteiger partial charge in [0, 0.05) is 20.8 Å². The summed E-state index contributed by atoms with van der Waals surface area (Å²) in [6, 6.07) is 0. The molecule has 1 N–H and O–H groups in total. The molecule has 0 aromatic carbocycles. The molecule has 0 heterocycles. The van der Waals surface area contributed by atoms with Gasteiger partial charge in [-0.3, -0.25) is 4.79 Å². The second-order valence-electron chi connectivity index (χ2n) is 17.2. The first-order valence-electron chi connectivity index (χ1n) is 20.2. The van der Waals surface area contributed by atoms with Crippen molar-refractivity contribution in [2.45, 2.75) is 131 Å². The van der Waals surface area contributed by atoms with Gasteiger partial charge in [0.15, 0.2) is 0 Å². The number of nitrogens with one attached hydrogen (secondary N) is 1. The van der Waals surface area contributed by atoms with Crippen LogP contribution < -0.4 is 5.32 Å². The molecule has 294 valence electrons. The third-order valence-corrected chi connectivity index (χ3v) is 11.9. The Morgan fingerprint density at radius 2 is 1.55 bits per heavy atom. The van der Waals surface area contributed by atoms with Crippen molar-refractivity contribution in [2.24, 2.45) is 40.9 Å². The lowest BCUT2D eigenvalue weighted by Gasteiger charge is -2.52. The summed E-state index contributed by atoms with van der Waals surface area (Å²) >= 11 is 0.